The molecule has 14 heteroatoms. The topological polar surface area (TPSA) is 164 Å². The second kappa shape index (κ2) is 18.1. The summed E-state index contributed by atoms with van der Waals surface area (Å²) in [6, 6.07) is 24.5. The second-order valence-corrected chi connectivity index (χ2v) is 19.0. The van der Waals surface area contributed by atoms with Crippen molar-refractivity contribution in [3.63, 3.8) is 0 Å². The summed E-state index contributed by atoms with van der Waals surface area (Å²) >= 11 is 1.61. The number of hydrogen-bond donors (Lipinski definition) is 4. The molecule has 3 aromatic carbocycles. The number of piperazine rings is 1. The standard InChI is InChI=1S/C48H59N9O4S/c1-30(32-10-12-34(13-11-32)43-31(2)50-29-62-43)51-46(60)41-26-37(58)28-57(41)47(61)44(48(3,4)5)56-20-18-36(19-21-56)55-24-22-54(23-25-55)35-16-14-33(15-17-35)39-27-40(52-53-45(39)49)38-8-6-7-9-42(38)59/h6-17,27,29-30,36-37,41,44,58-59H,18-26,28H2,1-5H3,(H2,49,53)(H,51,60)/t30?,37-,41+,44?/m1/s1. The van der Waals surface area contributed by atoms with Crippen LogP contribution in [0.2, 0.25) is 0 Å². The summed E-state index contributed by atoms with van der Waals surface area (Å²) in [6.07, 6.45) is 1.40. The first-order chi connectivity index (χ1) is 29.7. The van der Waals surface area contributed by atoms with Gasteiger partial charge in [0.2, 0.25) is 11.8 Å². The van der Waals surface area contributed by atoms with Gasteiger partial charge in [-0.25, -0.2) is 4.98 Å². The van der Waals surface area contributed by atoms with Crippen molar-refractivity contribution in [3.8, 4) is 38.6 Å². The summed E-state index contributed by atoms with van der Waals surface area (Å²) in [5.74, 6) is 0.163. The van der Waals surface area contributed by atoms with Crippen molar-refractivity contribution in [2.24, 2.45) is 5.41 Å². The maximum atomic E-state index is 14.6. The SMILES string of the molecule is Cc1ncsc1-c1ccc(C(C)NC(=O)[C@@H]2C[C@@H](O)CN2C(=O)C(N2CCC(N3CCN(c4ccc(-c5cc(-c6ccccc6O)nnc5N)cc4)CC3)CC2)C(C)(C)C)cc1. The second-order valence-electron chi connectivity index (χ2n) is 18.2. The molecule has 3 saturated heterocycles. The number of amides is 2. The molecule has 13 nitrogen and oxygen atoms in total. The lowest BCUT2D eigenvalue weighted by Gasteiger charge is -2.47. The summed E-state index contributed by atoms with van der Waals surface area (Å²) < 4.78 is 0. The monoisotopic (exact) mass is 857 g/mol. The number of anilines is 2. The molecule has 8 rings (SSSR count). The predicted molar refractivity (Wildman–Crippen MR) is 246 cm³/mol. The van der Waals surface area contributed by atoms with Crippen molar-refractivity contribution >= 4 is 34.7 Å². The van der Waals surface area contributed by atoms with Crippen LogP contribution >= 0.6 is 11.3 Å². The Labute approximate surface area is 368 Å². The minimum absolute atomic E-state index is 0.0805. The Morgan fingerprint density at radius 1 is 0.887 bits per heavy atom. The number of phenols is 1. The van der Waals surface area contributed by atoms with Crippen LogP contribution in [0.15, 0.2) is 84.4 Å². The number of rotatable bonds is 10. The number of phenolic OH excluding ortho intramolecular Hbond substituents is 1. The number of benzene rings is 3. The molecule has 0 saturated carbocycles. The number of nitrogens with one attached hydrogen (secondary N) is 1. The van der Waals surface area contributed by atoms with Crippen LogP contribution in [0.5, 0.6) is 5.75 Å². The van der Waals surface area contributed by atoms with E-state index in [-0.39, 0.29) is 42.0 Å². The van der Waals surface area contributed by atoms with Gasteiger partial charge >= 0.3 is 0 Å². The first-order valence-corrected chi connectivity index (χ1v) is 22.7. The number of hydrogen-bond acceptors (Lipinski definition) is 12. The van der Waals surface area contributed by atoms with Gasteiger partial charge in [-0.15, -0.1) is 21.5 Å². The average Bonchev–Trinajstić information content (AvgIpc) is 3.89. The number of aromatic hydroxyl groups is 1. The molecule has 0 bridgehead atoms. The predicted octanol–water partition coefficient (Wildman–Crippen LogP) is 6.37. The number of aromatic nitrogens is 3. The van der Waals surface area contributed by atoms with Gasteiger partial charge in [0.1, 0.15) is 11.8 Å². The highest BCUT2D eigenvalue weighted by Gasteiger charge is 2.47. The van der Waals surface area contributed by atoms with Gasteiger partial charge in [0.15, 0.2) is 5.82 Å². The van der Waals surface area contributed by atoms with E-state index in [1.807, 2.05) is 49.7 Å². The third kappa shape index (κ3) is 9.19. The number of aryl methyl sites for hydroxylation is 1. The zero-order valence-electron chi connectivity index (χ0n) is 36.4. The van der Waals surface area contributed by atoms with E-state index in [0.717, 1.165) is 90.6 Å². The molecule has 0 radical (unpaired) electrons. The molecule has 5 aromatic rings. The third-order valence-corrected chi connectivity index (χ3v) is 13.9. The molecule has 5 N–H and O–H groups in total. The van der Waals surface area contributed by atoms with Crippen LogP contribution in [0.4, 0.5) is 11.5 Å². The number of nitrogens with zero attached hydrogens (tertiary/aromatic N) is 7. The molecule has 3 fully saturated rings. The van der Waals surface area contributed by atoms with Crippen LogP contribution in [0.1, 0.15) is 64.3 Å². The Hall–Kier alpha value is -5.41. The maximum Gasteiger partial charge on any atom is 0.243 e. The Bertz CT molecular complexity index is 2350. The molecule has 3 aliphatic heterocycles. The summed E-state index contributed by atoms with van der Waals surface area (Å²) in [5.41, 5.74) is 14.8. The molecule has 0 aliphatic carbocycles. The number of thiazole rings is 1. The molecule has 3 aliphatic rings. The molecule has 4 atom stereocenters. The summed E-state index contributed by atoms with van der Waals surface area (Å²) in [7, 11) is 0. The zero-order valence-corrected chi connectivity index (χ0v) is 37.2. The van der Waals surface area contributed by atoms with Crippen LogP contribution in [0.3, 0.4) is 0 Å². The van der Waals surface area contributed by atoms with E-state index in [0.29, 0.717) is 23.1 Å². The molecule has 2 amide bonds. The number of nitrogens with two attached hydrogens (primary N) is 1. The Balaban J connectivity index is 0.852. The van der Waals surface area contributed by atoms with Gasteiger partial charge in [0.05, 0.1) is 40.0 Å². The number of β-amino-alcohol motifs (C(OH)–C–C–N with tert-alkyl or cyclic N) is 1. The van der Waals surface area contributed by atoms with Gasteiger partial charge in [-0.1, -0.05) is 69.3 Å². The lowest BCUT2D eigenvalue weighted by Crippen LogP contribution is -2.60. The zero-order chi connectivity index (χ0) is 43.7. The highest BCUT2D eigenvalue weighted by molar-refractivity contribution is 7.13. The van der Waals surface area contributed by atoms with Gasteiger partial charge in [0.25, 0.3) is 0 Å². The number of likely N-dealkylation sites (tertiary alicyclic amines) is 2. The van der Waals surface area contributed by atoms with Crippen LogP contribution in [0, 0.1) is 12.3 Å². The molecule has 2 unspecified atom stereocenters. The Morgan fingerprint density at radius 2 is 1.56 bits per heavy atom. The quantitative estimate of drug-likeness (QED) is 0.123. The van der Waals surface area contributed by atoms with Crippen molar-refractivity contribution in [1.82, 2.24) is 35.2 Å². The summed E-state index contributed by atoms with van der Waals surface area (Å²) in [4.78, 5) is 42.9. The summed E-state index contributed by atoms with van der Waals surface area (Å²) in [6.45, 7) is 15.7. The number of aliphatic hydroxyl groups is 1. The van der Waals surface area contributed by atoms with Crippen molar-refractivity contribution in [3.05, 3.63) is 95.6 Å². The minimum atomic E-state index is -0.753. The highest BCUT2D eigenvalue weighted by Crippen LogP contribution is 2.35. The van der Waals surface area contributed by atoms with Gasteiger partial charge in [-0.05, 0) is 79.1 Å². The molecule has 62 heavy (non-hydrogen) atoms. The van der Waals surface area contributed by atoms with E-state index < -0.39 is 18.2 Å². The van der Waals surface area contributed by atoms with E-state index >= 15 is 0 Å². The first-order valence-electron chi connectivity index (χ1n) is 21.8. The minimum Gasteiger partial charge on any atom is -0.507 e. The van der Waals surface area contributed by atoms with Gasteiger partial charge < -0.3 is 31.1 Å². The fourth-order valence-corrected chi connectivity index (χ4v) is 10.4. The fraction of sp³-hybridized carbons (Fsp3) is 0.438. The van der Waals surface area contributed by atoms with Gasteiger partial charge in [-0.2, -0.15) is 0 Å². The highest BCUT2D eigenvalue weighted by atomic mass is 32.1. The van der Waals surface area contributed by atoms with Gasteiger partial charge in [0, 0.05) is 75.1 Å². The summed E-state index contributed by atoms with van der Waals surface area (Å²) in [5, 5.41) is 32.7. The number of para-hydroxylation sites is 1. The van der Waals surface area contributed by atoms with Gasteiger partial charge in [-0.3, -0.25) is 19.4 Å². The van der Waals surface area contributed by atoms with Crippen molar-refractivity contribution in [1.29, 1.82) is 0 Å². The number of aliphatic hydroxyl groups excluding tert-OH is 1. The molecular weight excluding hydrogens is 799 g/mol. The van der Waals surface area contributed by atoms with E-state index in [1.54, 1.807) is 28.4 Å². The van der Waals surface area contributed by atoms with Crippen molar-refractivity contribution in [2.45, 2.75) is 84.2 Å². The normalized spacial score (nSPS) is 20.3. The first kappa shape index (κ1) is 43.2. The lowest BCUT2D eigenvalue weighted by molar-refractivity contribution is -0.147. The number of piperidine rings is 1. The smallest absolute Gasteiger partial charge is 0.243 e. The van der Waals surface area contributed by atoms with Crippen molar-refractivity contribution in [2.75, 3.05) is 56.4 Å². The van der Waals surface area contributed by atoms with E-state index in [1.165, 1.54) is 0 Å². The Morgan fingerprint density at radius 3 is 2.21 bits per heavy atom. The molecule has 0 spiro atoms. The lowest BCUT2D eigenvalue weighted by atomic mass is 9.83. The molecular formula is C48H59N9O4S. The van der Waals surface area contributed by atoms with Crippen molar-refractivity contribution < 1.29 is 19.8 Å². The molecule has 326 valence electrons. The van der Waals surface area contributed by atoms with Crippen LogP contribution in [-0.4, -0.2) is 122 Å². The van der Waals surface area contributed by atoms with E-state index in [2.05, 4.69) is 92.4 Å². The Kier molecular flexibility index (Phi) is 12.6. The largest absolute Gasteiger partial charge is 0.507 e. The molecule has 5 heterocycles. The van der Waals surface area contributed by atoms with E-state index in [9.17, 15) is 19.8 Å². The maximum absolute atomic E-state index is 14.6. The van der Waals surface area contributed by atoms with Crippen LogP contribution < -0.4 is 16.0 Å². The third-order valence-electron chi connectivity index (χ3n) is 12.9. The number of nitrogen functional groups attached to an aromatic ring is 1. The number of carbonyl (C=O) groups is 2. The van der Waals surface area contributed by atoms with Crippen LogP contribution in [0.25, 0.3) is 32.8 Å². The van der Waals surface area contributed by atoms with Crippen LogP contribution in [-0.2, 0) is 9.59 Å². The van der Waals surface area contributed by atoms with E-state index in [4.69, 9.17) is 5.73 Å². The average molecular weight is 858 g/mol. The fourth-order valence-electron chi connectivity index (χ4n) is 9.59. The number of carbonyl (C=O) groups excluding carboxylic acids is 2. The molecule has 2 aromatic heterocycles.